The minimum absolute atomic E-state index is 0.0357. The van der Waals surface area contributed by atoms with Crippen LogP contribution in [0.2, 0.25) is 0 Å². The molecule has 0 radical (unpaired) electrons. The van der Waals surface area contributed by atoms with Crippen LogP contribution in [-0.2, 0) is 17.7 Å². The number of nitrogens with zero attached hydrogens (tertiary/aromatic N) is 3. The SMILES string of the molecule is Cc1nc(C(=O)N(Cc2ccccc2)C(COC(=O)c2cncs2)Cc2ccccc2)c(-c2ccccc2)s1. The first-order valence-electron chi connectivity index (χ1n) is 12.6. The molecule has 0 fully saturated rings. The Morgan fingerprint density at radius 1 is 0.897 bits per heavy atom. The normalized spacial score (nSPS) is 11.6. The smallest absolute Gasteiger partial charge is 0.350 e. The van der Waals surface area contributed by atoms with Gasteiger partial charge in [-0.05, 0) is 30.0 Å². The summed E-state index contributed by atoms with van der Waals surface area (Å²) in [5.74, 6) is -0.644. The van der Waals surface area contributed by atoms with E-state index >= 15 is 0 Å². The molecule has 5 aromatic rings. The lowest BCUT2D eigenvalue weighted by Gasteiger charge is -2.32. The van der Waals surface area contributed by atoms with Gasteiger partial charge in [-0.25, -0.2) is 9.78 Å². The molecule has 0 bridgehead atoms. The first-order valence-corrected chi connectivity index (χ1v) is 14.3. The molecule has 0 aliphatic heterocycles. The number of esters is 1. The summed E-state index contributed by atoms with van der Waals surface area (Å²) in [5, 5.41) is 0.813. The zero-order chi connectivity index (χ0) is 27.0. The van der Waals surface area contributed by atoms with Gasteiger partial charge in [-0.3, -0.25) is 9.78 Å². The molecule has 0 saturated carbocycles. The number of benzene rings is 3. The molecule has 2 aromatic heterocycles. The van der Waals surface area contributed by atoms with Crippen LogP contribution < -0.4 is 0 Å². The van der Waals surface area contributed by atoms with E-state index in [1.165, 1.54) is 28.9 Å². The maximum absolute atomic E-state index is 14.4. The maximum Gasteiger partial charge on any atom is 0.350 e. The third-order valence-corrected chi connectivity index (χ3v) is 8.00. The number of aromatic nitrogens is 2. The van der Waals surface area contributed by atoms with Gasteiger partial charge in [-0.1, -0.05) is 91.0 Å². The highest BCUT2D eigenvalue weighted by Crippen LogP contribution is 2.32. The standard InChI is InChI=1S/C31H27N3O3S2/c1-22-33-28(29(39-22)25-15-9-4-10-16-25)30(35)34(19-24-13-7-3-8-14-24)26(17-23-11-5-2-6-12-23)20-37-31(36)27-18-32-21-38-27/h2-16,18,21,26H,17,19-20H2,1H3. The average molecular weight is 554 g/mol. The molecule has 0 saturated heterocycles. The summed E-state index contributed by atoms with van der Waals surface area (Å²) in [5.41, 5.74) is 4.97. The Morgan fingerprint density at radius 2 is 1.54 bits per heavy atom. The number of hydrogen-bond acceptors (Lipinski definition) is 7. The molecule has 196 valence electrons. The van der Waals surface area contributed by atoms with Crippen molar-refractivity contribution in [1.29, 1.82) is 0 Å². The second-order valence-corrected chi connectivity index (χ2v) is 11.1. The van der Waals surface area contributed by atoms with E-state index in [4.69, 9.17) is 4.74 Å². The summed E-state index contributed by atoms with van der Waals surface area (Å²) in [6.45, 7) is 2.29. The van der Waals surface area contributed by atoms with Crippen molar-refractivity contribution in [3.8, 4) is 10.4 Å². The fourth-order valence-electron chi connectivity index (χ4n) is 4.34. The number of rotatable bonds is 10. The maximum atomic E-state index is 14.4. The summed E-state index contributed by atoms with van der Waals surface area (Å²) < 4.78 is 5.77. The molecule has 1 unspecified atom stereocenters. The van der Waals surface area contributed by atoms with Crippen LogP contribution >= 0.6 is 22.7 Å². The highest BCUT2D eigenvalue weighted by atomic mass is 32.1. The molecule has 39 heavy (non-hydrogen) atoms. The van der Waals surface area contributed by atoms with Crippen molar-refractivity contribution in [3.05, 3.63) is 129 Å². The molecular formula is C31H27N3O3S2. The zero-order valence-electron chi connectivity index (χ0n) is 21.4. The lowest BCUT2D eigenvalue weighted by Crippen LogP contribution is -2.44. The molecule has 3 aromatic carbocycles. The van der Waals surface area contributed by atoms with Crippen molar-refractivity contribution in [2.45, 2.75) is 25.9 Å². The minimum atomic E-state index is -0.447. The molecule has 1 amide bonds. The molecule has 8 heteroatoms. The molecule has 0 spiro atoms. The Morgan fingerprint density at radius 3 is 2.18 bits per heavy atom. The highest BCUT2D eigenvalue weighted by Gasteiger charge is 2.31. The third kappa shape index (κ3) is 6.66. The Balaban J connectivity index is 1.52. The Hall–Kier alpha value is -4.14. The van der Waals surface area contributed by atoms with E-state index in [-0.39, 0.29) is 12.5 Å². The van der Waals surface area contributed by atoms with E-state index in [2.05, 4.69) is 9.97 Å². The van der Waals surface area contributed by atoms with E-state index < -0.39 is 12.0 Å². The van der Waals surface area contributed by atoms with Crippen LogP contribution in [0.4, 0.5) is 0 Å². The third-order valence-electron chi connectivity index (χ3n) is 6.22. The van der Waals surface area contributed by atoms with Crippen LogP contribution in [0.15, 0.2) is 103 Å². The predicted molar refractivity (Wildman–Crippen MR) is 155 cm³/mol. The lowest BCUT2D eigenvalue weighted by atomic mass is 10.0. The summed E-state index contributed by atoms with van der Waals surface area (Å²) in [6, 6.07) is 29.2. The Labute approximate surface area is 235 Å². The van der Waals surface area contributed by atoms with Crippen LogP contribution in [-0.4, -0.2) is 39.4 Å². The van der Waals surface area contributed by atoms with E-state index in [0.29, 0.717) is 23.5 Å². The van der Waals surface area contributed by atoms with Gasteiger partial charge in [-0.2, -0.15) is 0 Å². The summed E-state index contributed by atoms with van der Waals surface area (Å²) in [4.78, 5) is 38.9. The number of thiazole rings is 2. The number of hydrogen-bond donors (Lipinski definition) is 0. The minimum Gasteiger partial charge on any atom is -0.459 e. The first-order chi connectivity index (χ1) is 19.1. The number of carbonyl (C=O) groups excluding carboxylic acids is 2. The van der Waals surface area contributed by atoms with Crippen molar-refractivity contribution in [2.75, 3.05) is 6.61 Å². The molecule has 5 rings (SSSR count). The second kappa shape index (κ2) is 12.6. The predicted octanol–water partition coefficient (Wildman–Crippen LogP) is 6.69. The van der Waals surface area contributed by atoms with E-state index in [1.807, 2.05) is 97.9 Å². The van der Waals surface area contributed by atoms with Gasteiger partial charge in [-0.15, -0.1) is 22.7 Å². The highest BCUT2D eigenvalue weighted by molar-refractivity contribution is 7.15. The first kappa shape index (κ1) is 26.5. The van der Waals surface area contributed by atoms with E-state index in [9.17, 15) is 9.59 Å². The van der Waals surface area contributed by atoms with Gasteiger partial charge < -0.3 is 9.64 Å². The molecule has 0 N–H and O–H groups in total. The fourth-order valence-corrected chi connectivity index (χ4v) is 5.77. The molecule has 2 heterocycles. The van der Waals surface area contributed by atoms with Gasteiger partial charge in [0.05, 0.1) is 27.6 Å². The van der Waals surface area contributed by atoms with Crippen LogP contribution in [0, 0.1) is 6.92 Å². The topological polar surface area (TPSA) is 72.4 Å². The lowest BCUT2D eigenvalue weighted by molar-refractivity contribution is 0.0304. The molecule has 1 atom stereocenters. The van der Waals surface area contributed by atoms with Gasteiger partial charge in [0.15, 0.2) is 0 Å². The summed E-state index contributed by atoms with van der Waals surface area (Å²) in [6.07, 6.45) is 2.01. The quantitative estimate of drug-likeness (QED) is 0.180. The van der Waals surface area contributed by atoms with Crippen molar-refractivity contribution in [3.63, 3.8) is 0 Å². The summed E-state index contributed by atoms with van der Waals surface area (Å²) >= 11 is 2.73. The zero-order valence-corrected chi connectivity index (χ0v) is 23.0. The summed E-state index contributed by atoms with van der Waals surface area (Å²) in [7, 11) is 0. The van der Waals surface area contributed by atoms with Crippen molar-refractivity contribution in [1.82, 2.24) is 14.9 Å². The van der Waals surface area contributed by atoms with Crippen LogP contribution in [0.5, 0.6) is 0 Å². The van der Waals surface area contributed by atoms with Gasteiger partial charge in [0.2, 0.25) is 0 Å². The van der Waals surface area contributed by atoms with E-state index in [1.54, 1.807) is 10.4 Å². The van der Waals surface area contributed by atoms with Gasteiger partial charge >= 0.3 is 5.97 Å². The molecular weight excluding hydrogens is 526 g/mol. The number of amides is 1. The Kier molecular flexibility index (Phi) is 8.55. The number of ether oxygens (including phenoxy) is 1. The van der Waals surface area contributed by atoms with Crippen molar-refractivity contribution >= 4 is 34.6 Å². The largest absolute Gasteiger partial charge is 0.459 e. The van der Waals surface area contributed by atoms with Crippen LogP contribution in [0.25, 0.3) is 10.4 Å². The van der Waals surface area contributed by atoms with Crippen molar-refractivity contribution in [2.24, 2.45) is 0 Å². The molecule has 6 nitrogen and oxygen atoms in total. The second-order valence-electron chi connectivity index (χ2n) is 9.00. The van der Waals surface area contributed by atoms with Crippen LogP contribution in [0.3, 0.4) is 0 Å². The van der Waals surface area contributed by atoms with Crippen LogP contribution in [0.1, 0.15) is 36.3 Å². The van der Waals surface area contributed by atoms with Crippen molar-refractivity contribution < 1.29 is 14.3 Å². The van der Waals surface area contributed by atoms with Gasteiger partial charge in [0.25, 0.3) is 5.91 Å². The van der Waals surface area contributed by atoms with Gasteiger partial charge in [0, 0.05) is 6.54 Å². The van der Waals surface area contributed by atoms with Gasteiger partial charge in [0.1, 0.15) is 17.2 Å². The number of carbonyl (C=O) groups is 2. The fraction of sp³-hybridized carbons (Fsp3) is 0.161. The average Bonchev–Trinajstić information content (AvgIpc) is 3.66. The molecule has 0 aliphatic rings. The molecule has 0 aliphatic carbocycles. The number of aryl methyl sites for hydroxylation is 1. The monoisotopic (exact) mass is 553 g/mol. The Bertz CT molecular complexity index is 1510. The van der Waals surface area contributed by atoms with E-state index in [0.717, 1.165) is 26.6 Å².